The van der Waals surface area contributed by atoms with E-state index >= 15 is 0 Å². The monoisotopic (exact) mass is 699 g/mol. The van der Waals surface area contributed by atoms with Gasteiger partial charge in [-0.3, -0.25) is 23.7 Å². The predicted molar refractivity (Wildman–Crippen MR) is 170 cm³/mol. The summed E-state index contributed by atoms with van der Waals surface area (Å²) in [5.41, 5.74) is 1.68. The maximum Gasteiger partial charge on any atom is 0.308 e. The average molecular weight is 701 g/mol. The molecule has 0 radical (unpaired) electrons. The van der Waals surface area contributed by atoms with Gasteiger partial charge in [0.25, 0.3) is 0 Å². The number of carbonyl (C=O) groups is 3. The first-order valence-electron chi connectivity index (χ1n) is 13.0. The fourth-order valence-electron chi connectivity index (χ4n) is 5.38. The number of fused-ring (bicyclic) bond motifs is 2. The molecule has 0 aliphatic carbocycles. The number of amides is 3. The van der Waals surface area contributed by atoms with Crippen molar-refractivity contribution in [2.75, 3.05) is 24.4 Å². The SMILES string of the molecule is COc1ccc([C@H]2c3sc(=O)n(CC(=O)Nc4ccc(Cl)cc4)c3SC3C(=O)N(c4ccc(Br)cc4)C(=O)C32)cc1OC. The molecule has 3 atom stereocenters. The van der Waals surface area contributed by atoms with Crippen molar-refractivity contribution in [2.45, 2.75) is 22.7 Å². The first-order valence-corrected chi connectivity index (χ1v) is 15.9. The largest absolute Gasteiger partial charge is 0.493 e. The number of anilines is 2. The lowest BCUT2D eigenvalue weighted by atomic mass is 9.83. The number of thioether (sulfide) groups is 1. The molecular formula is C30H23BrClN3O6S2. The van der Waals surface area contributed by atoms with Crippen LogP contribution in [0.4, 0.5) is 11.4 Å². The summed E-state index contributed by atoms with van der Waals surface area (Å²) in [5, 5.41) is 2.98. The Kier molecular flexibility index (Phi) is 8.12. The third kappa shape index (κ3) is 5.37. The van der Waals surface area contributed by atoms with Gasteiger partial charge < -0.3 is 14.8 Å². The first kappa shape index (κ1) is 29.5. The molecule has 0 spiro atoms. The number of thiazole rings is 1. The molecule has 1 aromatic heterocycles. The molecule has 1 N–H and O–H groups in total. The third-order valence-corrected chi connectivity index (χ3v) is 10.7. The van der Waals surface area contributed by atoms with E-state index < -0.39 is 23.0 Å². The van der Waals surface area contributed by atoms with Crippen LogP contribution in [0, 0.1) is 5.92 Å². The summed E-state index contributed by atoms with van der Waals surface area (Å²) < 4.78 is 13.1. The molecule has 3 aromatic carbocycles. The number of halogens is 2. The van der Waals surface area contributed by atoms with Crippen molar-refractivity contribution in [2.24, 2.45) is 5.92 Å². The Morgan fingerprint density at radius 1 is 0.953 bits per heavy atom. The summed E-state index contributed by atoms with van der Waals surface area (Å²) in [5.74, 6) is -1.63. The van der Waals surface area contributed by atoms with E-state index in [2.05, 4.69) is 21.2 Å². The summed E-state index contributed by atoms with van der Waals surface area (Å²) >= 11 is 11.5. The second kappa shape index (κ2) is 11.8. The van der Waals surface area contributed by atoms with Gasteiger partial charge in [-0.2, -0.15) is 0 Å². The molecule has 6 rings (SSSR count). The fraction of sp³-hybridized carbons (Fsp3) is 0.200. The molecule has 4 aromatic rings. The van der Waals surface area contributed by atoms with E-state index in [1.807, 2.05) is 6.07 Å². The highest BCUT2D eigenvalue weighted by atomic mass is 79.9. The molecule has 220 valence electrons. The lowest BCUT2D eigenvalue weighted by Gasteiger charge is -2.31. The van der Waals surface area contributed by atoms with Gasteiger partial charge in [-0.05, 0) is 66.2 Å². The number of rotatable bonds is 7. The van der Waals surface area contributed by atoms with Crippen LogP contribution in [0.3, 0.4) is 0 Å². The summed E-state index contributed by atoms with van der Waals surface area (Å²) in [6, 6.07) is 18.9. The topological polar surface area (TPSA) is 107 Å². The number of hydrogen-bond acceptors (Lipinski definition) is 8. The Morgan fingerprint density at radius 3 is 2.33 bits per heavy atom. The van der Waals surface area contributed by atoms with Crippen molar-refractivity contribution in [3.05, 3.63) is 96.3 Å². The van der Waals surface area contributed by atoms with Crippen molar-refractivity contribution < 1.29 is 23.9 Å². The van der Waals surface area contributed by atoms with Crippen LogP contribution in [0.25, 0.3) is 0 Å². The zero-order valence-electron chi connectivity index (χ0n) is 22.7. The molecule has 2 aliphatic rings. The Labute approximate surface area is 267 Å². The van der Waals surface area contributed by atoms with Crippen LogP contribution >= 0.6 is 50.6 Å². The lowest BCUT2D eigenvalue weighted by molar-refractivity contribution is -0.122. The van der Waals surface area contributed by atoms with Gasteiger partial charge in [-0.1, -0.05) is 56.7 Å². The number of aromatic nitrogens is 1. The van der Waals surface area contributed by atoms with Gasteiger partial charge in [0.2, 0.25) is 17.7 Å². The molecule has 1 fully saturated rings. The van der Waals surface area contributed by atoms with Crippen LogP contribution in [0.2, 0.25) is 5.02 Å². The number of nitrogens with zero attached hydrogens (tertiary/aromatic N) is 2. The molecular weight excluding hydrogens is 678 g/mol. The number of imide groups is 1. The molecule has 2 aliphatic heterocycles. The number of carbonyl (C=O) groups excluding carboxylic acids is 3. The van der Waals surface area contributed by atoms with E-state index in [1.165, 1.54) is 23.7 Å². The standard InChI is InChI=1S/C30H23BrClN3O6S2/c1-40-20-12-3-15(13-21(20)41-2)23-24-25(28(38)35(27(24)37)19-10-4-16(31)5-11-19)42-29-26(23)43-30(39)34(29)14-22(36)33-18-8-6-17(32)7-9-18/h3-13,23-25H,14H2,1-2H3,(H,33,36)/t23-,24?,25?/m1/s1. The minimum atomic E-state index is -0.818. The van der Waals surface area contributed by atoms with Crippen molar-refractivity contribution >= 4 is 79.7 Å². The van der Waals surface area contributed by atoms with Crippen LogP contribution in [0.15, 0.2) is 81.0 Å². The minimum absolute atomic E-state index is 0.269. The molecule has 1 saturated heterocycles. The van der Waals surface area contributed by atoms with Crippen molar-refractivity contribution in [1.82, 2.24) is 4.57 Å². The number of ether oxygens (including phenoxy) is 2. The highest BCUT2D eigenvalue weighted by molar-refractivity contribution is 9.10. The molecule has 43 heavy (non-hydrogen) atoms. The van der Waals surface area contributed by atoms with Crippen LogP contribution in [-0.4, -0.2) is 41.8 Å². The van der Waals surface area contributed by atoms with E-state index in [0.29, 0.717) is 43.4 Å². The Morgan fingerprint density at radius 2 is 1.65 bits per heavy atom. The number of hydrogen-bond donors (Lipinski definition) is 1. The maximum atomic E-state index is 14.1. The maximum absolute atomic E-state index is 14.1. The first-order chi connectivity index (χ1) is 20.7. The van der Waals surface area contributed by atoms with E-state index in [9.17, 15) is 19.2 Å². The molecule has 3 heterocycles. The third-order valence-electron chi connectivity index (χ3n) is 7.33. The average Bonchev–Trinajstić information content (AvgIpc) is 3.44. The number of nitrogens with one attached hydrogen (secondary N) is 1. The van der Waals surface area contributed by atoms with E-state index in [1.54, 1.807) is 60.7 Å². The zero-order valence-corrected chi connectivity index (χ0v) is 26.7. The van der Waals surface area contributed by atoms with Gasteiger partial charge in [0.1, 0.15) is 11.8 Å². The second-order valence-electron chi connectivity index (χ2n) is 9.82. The Hall–Kier alpha value is -3.58. The van der Waals surface area contributed by atoms with Crippen LogP contribution in [0.1, 0.15) is 16.4 Å². The molecule has 2 unspecified atom stereocenters. The zero-order chi connectivity index (χ0) is 30.4. The number of methoxy groups -OCH3 is 2. The second-order valence-corrected chi connectivity index (χ2v) is 13.3. The molecule has 0 bridgehead atoms. The lowest BCUT2D eigenvalue weighted by Crippen LogP contribution is -2.33. The Balaban J connectivity index is 1.43. The minimum Gasteiger partial charge on any atom is -0.493 e. The van der Waals surface area contributed by atoms with Crippen molar-refractivity contribution in [1.29, 1.82) is 0 Å². The summed E-state index contributed by atoms with van der Waals surface area (Å²) in [6.07, 6.45) is 0. The fourth-order valence-corrected chi connectivity index (χ4v) is 8.55. The van der Waals surface area contributed by atoms with Crippen LogP contribution < -0.4 is 24.6 Å². The summed E-state index contributed by atoms with van der Waals surface area (Å²) in [6.45, 7) is -0.269. The van der Waals surface area contributed by atoms with Crippen LogP contribution in [0.5, 0.6) is 11.5 Å². The summed E-state index contributed by atoms with van der Waals surface area (Å²) in [4.78, 5) is 55.9. The van der Waals surface area contributed by atoms with Crippen molar-refractivity contribution in [3.63, 3.8) is 0 Å². The van der Waals surface area contributed by atoms with E-state index in [0.717, 1.165) is 27.6 Å². The quantitative estimate of drug-likeness (QED) is 0.244. The number of benzene rings is 3. The Bertz CT molecular complexity index is 1810. The smallest absolute Gasteiger partial charge is 0.308 e. The molecule has 3 amide bonds. The van der Waals surface area contributed by atoms with Gasteiger partial charge in [0.15, 0.2) is 11.5 Å². The van der Waals surface area contributed by atoms with E-state index in [-0.39, 0.29) is 23.2 Å². The van der Waals surface area contributed by atoms with Gasteiger partial charge in [0, 0.05) is 26.0 Å². The van der Waals surface area contributed by atoms with Crippen LogP contribution in [-0.2, 0) is 20.9 Å². The molecule has 0 saturated carbocycles. The van der Waals surface area contributed by atoms with Gasteiger partial charge in [-0.25, -0.2) is 4.90 Å². The van der Waals surface area contributed by atoms with Gasteiger partial charge in [0.05, 0.1) is 30.9 Å². The highest BCUT2D eigenvalue weighted by Crippen LogP contribution is 2.54. The van der Waals surface area contributed by atoms with Gasteiger partial charge >= 0.3 is 4.87 Å². The normalized spacial score (nSPS) is 19.2. The predicted octanol–water partition coefficient (Wildman–Crippen LogP) is 5.78. The van der Waals surface area contributed by atoms with Crippen molar-refractivity contribution in [3.8, 4) is 11.5 Å². The molecule has 13 heteroatoms. The summed E-state index contributed by atoms with van der Waals surface area (Å²) in [7, 11) is 3.04. The molecule has 9 nitrogen and oxygen atoms in total. The highest BCUT2D eigenvalue weighted by Gasteiger charge is 2.57. The van der Waals surface area contributed by atoms with Gasteiger partial charge in [-0.15, -0.1) is 0 Å². The van der Waals surface area contributed by atoms with E-state index in [4.69, 9.17) is 21.1 Å².